The summed E-state index contributed by atoms with van der Waals surface area (Å²) < 4.78 is 3.11. The lowest BCUT2D eigenvalue weighted by Crippen LogP contribution is -2.45. The summed E-state index contributed by atoms with van der Waals surface area (Å²) in [5, 5.41) is 0. The van der Waals surface area contributed by atoms with Crippen molar-refractivity contribution < 1.29 is 9.59 Å². The molecule has 6 heteroatoms. The molecule has 3 rings (SSSR count). The van der Waals surface area contributed by atoms with Crippen molar-refractivity contribution >= 4 is 22.8 Å². The molecule has 1 unspecified atom stereocenters. The number of hydrogen-bond donors (Lipinski definition) is 0. The van der Waals surface area contributed by atoms with Crippen LogP contribution in [-0.4, -0.2) is 32.9 Å². The highest BCUT2D eigenvalue weighted by atomic mass is 16.2. The van der Waals surface area contributed by atoms with Gasteiger partial charge < -0.3 is 0 Å². The van der Waals surface area contributed by atoms with Crippen LogP contribution in [0.15, 0.2) is 23.0 Å². The Bertz CT molecular complexity index is 860. The highest BCUT2D eigenvalue weighted by Gasteiger charge is 2.35. The lowest BCUT2D eigenvalue weighted by atomic mass is 10.0. The quantitative estimate of drug-likeness (QED) is 0.794. The number of hydrogen-bond acceptors (Lipinski definition) is 3. The van der Waals surface area contributed by atoms with Crippen molar-refractivity contribution in [2.75, 3.05) is 7.05 Å². The van der Waals surface area contributed by atoms with Crippen molar-refractivity contribution in [1.29, 1.82) is 0 Å². The molecule has 2 aromatic rings. The second-order valence-electron chi connectivity index (χ2n) is 6.46. The number of aromatic nitrogens is 2. The van der Waals surface area contributed by atoms with E-state index in [1.54, 1.807) is 11.6 Å². The Labute approximate surface area is 134 Å². The van der Waals surface area contributed by atoms with Crippen LogP contribution in [0, 0.1) is 0 Å². The Kier molecular flexibility index (Phi) is 3.62. The summed E-state index contributed by atoms with van der Waals surface area (Å²) in [4.78, 5) is 37.9. The number of likely N-dealkylation sites (N-methyl/N-ethyl adjacent to an activating group) is 1. The minimum absolute atomic E-state index is 0.193. The fraction of sp³-hybridized carbons (Fsp3) is 0.471. The van der Waals surface area contributed by atoms with Crippen molar-refractivity contribution in [3.63, 3.8) is 0 Å². The molecule has 1 aromatic heterocycles. The van der Waals surface area contributed by atoms with Crippen LogP contribution < -0.4 is 5.69 Å². The number of carbonyl (C=O) groups excluding carboxylic acids is 2. The number of imide groups is 1. The molecule has 2 heterocycles. The number of piperidine rings is 1. The highest BCUT2D eigenvalue weighted by Crippen LogP contribution is 2.27. The van der Waals surface area contributed by atoms with Crippen molar-refractivity contribution in [2.24, 2.45) is 7.05 Å². The van der Waals surface area contributed by atoms with Gasteiger partial charge in [-0.3, -0.25) is 23.6 Å². The monoisotopic (exact) mass is 315 g/mol. The van der Waals surface area contributed by atoms with E-state index in [0.29, 0.717) is 12.3 Å². The first-order valence-corrected chi connectivity index (χ1v) is 7.84. The van der Waals surface area contributed by atoms with Crippen molar-refractivity contribution in [3.05, 3.63) is 34.2 Å². The van der Waals surface area contributed by atoms with E-state index in [9.17, 15) is 14.4 Å². The zero-order chi connectivity index (χ0) is 16.9. The zero-order valence-electron chi connectivity index (χ0n) is 13.9. The molecule has 23 heavy (non-hydrogen) atoms. The smallest absolute Gasteiger partial charge is 0.295 e. The van der Waals surface area contributed by atoms with Crippen LogP contribution in [0.3, 0.4) is 0 Å². The maximum atomic E-state index is 12.7. The molecule has 0 bridgehead atoms. The first kappa shape index (κ1) is 15.5. The maximum absolute atomic E-state index is 12.7. The number of amides is 2. The molecular formula is C17H21N3O3. The Morgan fingerprint density at radius 3 is 2.43 bits per heavy atom. The molecule has 1 aromatic carbocycles. The summed E-state index contributed by atoms with van der Waals surface area (Å²) in [6, 6.07) is 5.28. The number of rotatable bonds is 2. The predicted molar refractivity (Wildman–Crippen MR) is 87.3 cm³/mol. The Balaban J connectivity index is 2.19. The van der Waals surface area contributed by atoms with Crippen molar-refractivity contribution in [3.8, 4) is 0 Å². The molecule has 122 valence electrons. The van der Waals surface area contributed by atoms with E-state index in [2.05, 4.69) is 13.8 Å². The van der Waals surface area contributed by atoms with Crippen LogP contribution in [0.2, 0.25) is 0 Å². The van der Waals surface area contributed by atoms with Crippen LogP contribution in [0.1, 0.15) is 44.2 Å². The molecule has 2 amide bonds. The number of fused-ring (bicyclic) bond motifs is 1. The molecule has 1 aliphatic heterocycles. The van der Waals surface area contributed by atoms with E-state index in [1.165, 1.54) is 11.6 Å². The Morgan fingerprint density at radius 1 is 1.09 bits per heavy atom. The minimum Gasteiger partial charge on any atom is -0.295 e. The van der Waals surface area contributed by atoms with Gasteiger partial charge in [-0.25, -0.2) is 4.79 Å². The molecular weight excluding hydrogens is 294 g/mol. The zero-order valence-corrected chi connectivity index (χ0v) is 13.9. The van der Waals surface area contributed by atoms with Gasteiger partial charge in [-0.05, 0) is 30.0 Å². The molecule has 1 aliphatic rings. The summed E-state index contributed by atoms with van der Waals surface area (Å²) in [7, 11) is 3.19. The molecule has 0 saturated carbocycles. The largest absolute Gasteiger partial charge is 0.329 e. The van der Waals surface area contributed by atoms with Gasteiger partial charge in [-0.2, -0.15) is 0 Å². The number of aryl methyl sites for hydroxylation is 1. The van der Waals surface area contributed by atoms with E-state index in [1.807, 2.05) is 18.2 Å². The van der Waals surface area contributed by atoms with Gasteiger partial charge in [-0.15, -0.1) is 0 Å². The van der Waals surface area contributed by atoms with E-state index < -0.39 is 6.04 Å². The van der Waals surface area contributed by atoms with Gasteiger partial charge >= 0.3 is 5.69 Å². The lowest BCUT2D eigenvalue weighted by molar-refractivity contribution is -0.149. The molecule has 0 radical (unpaired) electrons. The summed E-state index contributed by atoms with van der Waals surface area (Å²) in [5.41, 5.74) is 2.48. The van der Waals surface area contributed by atoms with Gasteiger partial charge in [0.15, 0.2) is 0 Å². The lowest BCUT2D eigenvalue weighted by Gasteiger charge is -2.28. The van der Waals surface area contributed by atoms with Gasteiger partial charge in [0.05, 0.1) is 11.0 Å². The van der Waals surface area contributed by atoms with Crippen LogP contribution in [0.25, 0.3) is 11.0 Å². The van der Waals surface area contributed by atoms with Gasteiger partial charge in [0.1, 0.15) is 6.04 Å². The van der Waals surface area contributed by atoms with Gasteiger partial charge in [0.2, 0.25) is 5.91 Å². The molecule has 1 fully saturated rings. The van der Waals surface area contributed by atoms with Crippen molar-refractivity contribution in [1.82, 2.24) is 14.0 Å². The van der Waals surface area contributed by atoms with E-state index >= 15 is 0 Å². The molecule has 1 atom stereocenters. The third kappa shape index (κ3) is 2.29. The van der Waals surface area contributed by atoms with E-state index in [-0.39, 0.29) is 23.9 Å². The second-order valence-corrected chi connectivity index (χ2v) is 6.46. The van der Waals surface area contributed by atoms with Crippen molar-refractivity contribution in [2.45, 2.75) is 38.6 Å². The number of benzene rings is 1. The van der Waals surface area contributed by atoms with Crippen LogP contribution in [0.4, 0.5) is 0 Å². The van der Waals surface area contributed by atoms with Crippen LogP contribution >= 0.6 is 0 Å². The molecule has 0 N–H and O–H groups in total. The van der Waals surface area contributed by atoms with E-state index in [0.717, 1.165) is 21.5 Å². The Morgan fingerprint density at radius 2 is 1.78 bits per heavy atom. The van der Waals surface area contributed by atoms with E-state index in [4.69, 9.17) is 0 Å². The summed E-state index contributed by atoms with van der Waals surface area (Å²) in [5.74, 6) is -0.150. The normalized spacial score (nSPS) is 19.2. The first-order chi connectivity index (χ1) is 10.8. The minimum atomic E-state index is -0.612. The third-order valence-corrected chi connectivity index (χ3v) is 4.71. The Hall–Kier alpha value is -2.37. The average molecular weight is 315 g/mol. The summed E-state index contributed by atoms with van der Waals surface area (Å²) in [6.07, 6.45) is 0.646. The highest BCUT2D eigenvalue weighted by molar-refractivity contribution is 5.99. The van der Waals surface area contributed by atoms with Gasteiger partial charge in [-0.1, -0.05) is 19.9 Å². The molecule has 6 nitrogen and oxygen atoms in total. The fourth-order valence-corrected chi connectivity index (χ4v) is 3.18. The van der Waals surface area contributed by atoms with Gasteiger partial charge in [0.25, 0.3) is 5.91 Å². The van der Waals surface area contributed by atoms with Crippen LogP contribution in [-0.2, 0) is 16.6 Å². The first-order valence-electron chi connectivity index (χ1n) is 7.84. The van der Waals surface area contributed by atoms with Crippen LogP contribution in [0.5, 0.6) is 0 Å². The SMILES string of the molecule is CC(C)c1ccc2c(c1)n(C)c(=O)n2C1CCC(=O)N(C)C1=O. The number of likely N-dealkylation sites (tertiary alicyclic amines) is 1. The second kappa shape index (κ2) is 5.37. The summed E-state index contributed by atoms with van der Waals surface area (Å²) >= 11 is 0. The molecule has 0 aliphatic carbocycles. The third-order valence-electron chi connectivity index (χ3n) is 4.71. The number of carbonyl (C=O) groups is 2. The topological polar surface area (TPSA) is 64.3 Å². The molecule has 0 spiro atoms. The fourth-order valence-electron chi connectivity index (χ4n) is 3.18. The summed E-state index contributed by atoms with van der Waals surface area (Å²) in [6.45, 7) is 4.20. The number of nitrogens with zero attached hydrogens (tertiary/aromatic N) is 3. The molecule has 1 saturated heterocycles. The predicted octanol–water partition coefficient (Wildman–Crippen LogP) is 1.78. The number of imidazole rings is 1. The van der Waals surface area contributed by atoms with Gasteiger partial charge in [0, 0.05) is 20.5 Å². The maximum Gasteiger partial charge on any atom is 0.329 e. The average Bonchev–Trinajstić information content (AvgIpc) is 2.77. The standard InChI is InChI=1S/C17H21N3O3/c1-10(2)11-5-6-12-14(9-11)18(3)17(23)20(12)13-7-8-15(21)19(4)16(13)22/h5-6,9-10,13H,7-8H2,1-4H3.